The highest BCUT2D eigenvalue weighted by Crippen LogP contribution is 2.42. The number of hydrogen-bond donors (Lipinski definition) is 1. The van der Waals surface area contributed by atoms with E-state index in [1.54, 1.807) is 19.1 Å². The summed E-state index contributed by atoms with van der Waals surface area (Å²) in [5.41, 5.74) is 1.56. The molecule has 36 heavy (non-hydrogen) atoms. The zero-order valence-electron chi connectivity index (χ0n) is 20.4. The van der Waals surface area contributed by atoms with Crippen LogP contribution in [0.25, 0.3) is 0 Å². The van der Waals surface area contributed by atoms with Crippen molar-refractivity contribution in [1.82, 2.24) is 9.71 Å². The molecule has 2 aromatic rings. The average Bonchev–Trinajstić information content (AvgIpc) is 3.46. The van der Waals surface area contributed by atoms with Gasteiger partial charge in [0.05, 0.1) is 11.4 Å². The Morgan fingerprint density at radius 3 is 2.53 bits per heavy atom. The molecule has 1 aromatic heterocycles. The monoisotopic (exact) mass is 547 g/mol. The fourth-order valence-corrected chi connectivity index (χ4v) is 6.21. The van der Waals surface area contributed by atoms with Crippen LogP contribution < -0.4 is 14.4 Å². The Morgan fingerprint density at radius 2 is 1.89 bits per heavy atom. The summed E-state index contributed by atoms with van der Waals surface area (Å²) in [6, 6.07) is 5.91. The van der Waals surface area contributed by atoms with E-state index < -0.39 is 28.7 Å². The van der Waals surface area contributed by atoms with Crippen molar-refractivity contribution in [3.8, 4) is 5.75 Å². The van der Waals surface area contributed by atoms with Crippen LogP contribution in [0.5, 0.6) is 5.75 Å². The predicted molar refractivity (Wildman–Crippen MR) is 132 cm³/mol. The largest absolute Gasteiger partial charge is 0.573 e. The molecule has 2 aliphatic rings. The number of aryl methyl sites for hydroxylation is 1. The zero-order chi connectivity index (χ0) is 25.9. The summed E-state index contributed by atoms with van der Waals surface area (Å²) in [6.45, 7) is 4.77. The lowest BCUT2D eigenvalue weighted by atomic mass is 9.87. The van der Waals surface area contributed by atoms with Crippen LogP contribution in [-0.2, 0) is 21.3 Å². The third kappa shape index (κ3) is 7.56. The molecule has 2 atom stereocenters. The van der Waals surface area contributed by atoms with Crippen molar-refractivity contribution in [1.29, 1.82) is 0 Å². The molecule has 1 aliphatic carbocycles. The van der Waals surface area contributed by atoms with Gasteiger partial charge in [-0.3, -0.25) is 0 Å². The van der Waals surface area contributed by atoms with Crippen molar-refractivity contribution < 1.29 is 31.1 Å². The van der Waals surface area contributed by atoms with E-state index in [2.05, 4.69) is 14.4 Å². The molecule has 0 bridgehead atoms. The van der Waals surface area contributed by atoms with Crippen LogP contribution in [0.3, 0.4) is 0 Å². The second-order valence-electron chi connectivity index (χ2n) is 9.34. The van der Waals surface area contributed by atoms with E-state index in [1.807, 2.05) is 6.92 Å². The van der Waals surface area contributed by atoms with Gasteiger partial charge in [0.25, 0.3) is 0 Å². The summed E-state index contributed by atoms with van der Waals surface area (Å²) in [6.07, 6.45) is 1.48. The molecule has 7 nitrogen and oxygen atoms in total. The van der Waals surface area contributed by atoms with E-state index in [4.69, 9.17) is 9.72 Å². The van der Waals surface area contributed by atoms with E-state index in [-0.39, 0.29) is 11.5 Å². The summed E-state index contributed by atoms with van der Waals surface area (Å²) in [4.78, 5) is 7.92. The van der Waals surface area contributed by atoms with Gasteiger partial charge in [-0.25, -0.2) is 13.4 Å². The first-order chi connectivity index (χ1) is 17.0. The summed E-state index contributed by atoms with van der Waals surface area (Å²) in [7, 11) is -3.39. The number of nitrogens with zero attached hydrogens (tertiary/aromatic N) is 2. The summed E-state index contributed by atoms with van der Waals surface area (Å²) >= 11 is 1.52. The Labute approximate surface area is 214 Å². The van der Waals surface area contributed by atoms with Gasteiger partial charge in [-0.15, -0.1) is 24.5 Å². The number of halogens is 3. The molecule has 2 fully saturated rings. The summed E-state index contributed by atoms with van der Waals surface area (Å²) < 4.78 is 73.4. The maximum Gasteiger partial charge on any atom is 0.573 e. The van der Waals surface area contributed by atoms with E-state index >= 15 is 0 Å². The van der Waals surface area contributed by atoms with Crippen molar-refractivity contribution in [3.05, 3.63) is 40.4 Å². The number of hydrogen-bond acceptors (Lipinski definition) is 7. The van der Waals surface area contributed by atoms with E-state index in [1.165, 1.54) is 55.6 Å². The summed E-state index contributed by atoms with van der Waals surface area (Å²) in [5, 5.41) is 0.793. The number of nitrogens with one attached hydrogen (secondary N) is 1. The van der Waals surface area contributed by atoms with Crippen LogP contribution in [-0.4, -0.2) is 38.3 Å². The van der Waals surface area contributed by atoms with Crippen molar-refractivity contribution in [3.63, 3.8) is 0 Å². The topological polar surface area (TPSA) is 84.1 Å². The Morgan fingerprint density at radius 1 is 1.19 bits per heavy atom. The number of rotatable bonds is 11. The predicted octanol–water partition coefficient (Wildman–Crippen LogP) is 5.66. The fraction of sp³-hybridized carbons (Fsp3) is 0.625. The Balaban J connectivity index is 1.48. The molecule has 0 spiro atoms. The minimum atomic E-state index is -4.73. The third-order valence-electron chi connectivity index (χ3n) is 6.59. The lowest BCUT2D eigenvalue weighted by molar-refractivity contribution is -0.274. The van der Waals surface area contributed by atoms with E-state index in [9.17, 15) is 21.6 Å². The quantitative estimate of drug-likeness (QED) is 0.365. The van der Waals surface area contributed by atoms with Crippen LogP contribution in [0.2, 0.25) is 0 Å². The fourth-order valence-electron chi connectivity index (χ4n) is 4.54. The molecule has 2 unspecified atom stereocenters. The number of epoxide rings is 1. The van der Waals surface area contributed by atoms with Crippen LogP contribution in [0.15, 0.2) is 24.3 Å². The number of sulfonamides is 1. The smallest absolute Gasteiger partial charge is 0.406 e. The van der Waals surface area contributed by atoms with Gasteiger partial charge >= 0.3 is 6.36 Å². The van der Waals surface area contributed by atoms with Gasteiger partial charge in [0.2, 0.25) is 10.0 Å². The van der Waals surface area contributed by atoms with Crippen molar-refractivity contribution in [2.75, 3.05) is 17.2 Å². The lowest BCUT2D eigenvalue weighted by Crippen LogP contribution is -2.28. The molecule has 1 aliphatic heterocycles. The maximum atomic E-state index is 12.5. The minimum absolute atomic E-state index is 0.0252. The molecular formula is C24H32F3N3O4S2. The summed E-state index contributed by atoms with van der Waals surface area (Å²) in [5.74, 6) is 0.380. The van der Waals surface area contributed by atoms with Gasteiger partial charge in [0.1, 0.15) is 11.9 Å². The standard InChI is InChI=1S/C24H32F3N3O4S2/c1-3-36(31,32)29-22-21(33-22)20-16(2)35-23(28-20)30(14-13-17-7-5-4-6-8-17)15-18-9-11-19(12-10-18)34-24(25,26)27/h9-12,17,21-22,29H,3-8,13-15H2,1-2H3. The van der Waals surface area contributed by atoms with Crippen molar-refractivity contribution in [2.45, 2.75) is 77.6 Å². The molecule has 2 heterocycles. The van der Waals surface area contributed by atoms with Crippen LogP contribution in [0.4, 0.5) is 18.3 Å². The maximum absolute atomic E-state index is 12.5. The lowest BCUT2D eigenvalue weighted by Gasteiger charge is -2.27. The number of thiazole rings is 1. The van der Waals surface area contributed by atoms with E-state index in [0.717, 1.165) is 34.2 Å². The van der Waals surface area contributed by atoms with Crippen molar-refractivity contribution >= 4 is 26.5 Å². The zero-order valence-corrected chi connectivity index (χ0v) is 22.0. The van der Waals surface area contributed by atoms with Gasteiger partial charge in [-0.2, -0.15) is 4.72 Å². The Kier molecular flexibility index (Phi) is 8.48. The van der Waals surface area contributed by atoms with Crippen LogP contribution >= 0.6 is 11.3 Å². The Bertz CT molecular complexity index is 1120. The third-order valence-corrected chi connectivity index (χ3v) is 8.99. The second-order valence-corrected chi connectivity index (χ2v) is 12.6. The highest BCUT2D eigenvalue weighted by atomic mass is 32.2. The number of ether oxygens (including phenoxy) is 2. The normalized spacial score (nSPS) is 20.9. The molecule has 200 valence electrons. The number of aromatic nitrogens is 1. The first-order valence-corrected chi connectivity index (χ1v) is 14.7. The Hall–Kier alpha value is -1.89. The van der Waals surface area contributed by atoms with Gasteiger partial charge in [0, 0.05) is 18.0 Å². The first kappa shape index (κ1) is 27.2. The molecule has 1 saturated heterocycles. The highest BCUT2D eigenvalue weighted by molar-refractivity contribution is 7.89. The van der Waals surface area contributed by atoms with Crippen LogP contribution in [0.1, 0.15) is 67.7 Å². The molecule has 1 saturated carbocycles. The van der Waals surface area contributed by atoms with Gasteiger partial charge in [-0.05, 0) is 43.9 Å². The van der Waals surface area contributed by atoms with Gasteiger partial charge in [-0.1, -0.05) is 44.2 Å². The first-order valence-electron chi connectivity index (χ1n) is 12.3. The molecule has 4 rings (SSSR count). The van der Waals surface area contributed by atoms with Crippen LogP contribution in [0, 0.1) is 12.8 Å². The van der Waals surface area contributed by atoms with Gasteiger partial charge in [0.15, 0.2) is 11.4 Å². The minimum Gasteiger partial charge on any atom is -0.406 e. The van der Waals surface area contributed by atoms with E-state index in [0.29, 0.717) is 12.5 Å². The average molecular weight is 548 g/mol. The molecule has 1 aromatic carbocycles. The van der Waals surface area contributed by atoms with Gasteiger partial charge < -0.3 is 14.4 Å². The van der Waals surface area contributed by atoms with Crippen molar-refractivity contribution in [2.24, 2.45) is 5.92 Å². The molecular weight excluding hydrogens is 515 g/mol. The highest BCUT2D eigenvalue weighted by Gasteiger charge is 2.45. The molecule has 1 N–H and O–H groups in total. The molecule has 0 radical (unpaired) electrons. The number of benzene rings is 1. The number of anilines is 1. The molecule has 0 amide bonds. The number of alkyl halides is 3. The molecule has 12 heteroatoms. The SMILES string of the molecule is CCS(=O)(=O)NC1OC1c1nc(N(CCC2CCCCC2)Cc2ccc(OC(F)(F)F)cc2)sc1C. The second kappa shape index (κ2) is 11.2.